The predicted octanol–water partition coefficient (Wildman–Crippen LogP) is 4.28. The lowest BCUT2D eigenvalue weighted by Gasteiger charge is -2.36. The van der Waals surface area contributed by atoms with Gasteiger partial charge >= 0.3 is 17.6 Å². The van der Waals surface area contributed by atoms with Crippen LogP contribution < -0.4 is 16.3 Å². The summed E-state index contributed by atoms with van der Waals surface area (Å²) >= 11 is 1.19. The van der Waals surface area contributed by atoms with E-state index in [0.29, 0.717) is 17.7 Å². The van der Waals surface area contributed by atoms with Crippen LogP contribution in [0.1, 0.15) is 24.9 Å². The molecule has 1 amide bonds. The first-order valence-corrected chi connectivity index (χ1v) is 13.9. The predicted molar refractivity (Wildman–Crippen MR) is 148 cm³/mol. The number of benzene rings is 2. The van der Waals surface area contributed by atoms with Crippen molar-refractivity contribution in [1.82, 2.24) is 24.4 Å². The lowest BCUT2D eigenvalue weighted by molar-refractivity contribution is -0.137. The molecule has 0 saturated carbocycles. The first-order chi connectivity index (χ1) is 19.5. The fourth-order valence-corrected chi connectivity index (χ4v) is 7.14. The molecular formula is C27H24F4N6O3S. The maximum Gasteiger partial charge on any atom is 0.417 e. The normalized spacial score (nSPS) is 17.4. The number of carbonyl (C=O) groups excluding carboxylic acids is 1. The molecule has 2 aliphatic heterocycles. The van der Waals surface area contributed by atoms with Crippen LogP contribution in [0, 0.1) is 5.82 Å². The highest BCUT2D eigenvalue weighted by molar-refractivity contribution is 7.99. The monoisotopic (exact) mass is 588 g/mol. The van der Waals surface area contributed by atoms with Crippen LogP contribution in [-0.2, 0) is 11.0 Å². The molecule has 0 unspecified atom stereocenters. The number of piperazine rings is 1. The lowest BCUT2D eigenvalue weighted by atomic mass is 9.95. The number of hydrogen-bond acceptors (Lipinski definition) is 6. The standard InChI is InChI=1S/C27H24F4N6O3S/c1-3-13-12-41-23-19(14-5-6-17(28)21-20(14)32-25(39)33-21)16(27(29,30)31)11-15-22(23)37(13)26(40)34-24(15)36-9-7-35(8-10-36)18(38)4-2/h4-6,11,13H,2-3,7-10,12H2,1H3,(H2,32,33,39)/t13-/m0/s1. The van der Waals surface area contributed by atoms with Crippen LogP contribution in [0.2, 0.25) is 0 Å². The summed E-state index contributed by atoms with van der Waals surface area (Å²) in [5, 5.41) is 0.158. The minimum absolute atomic E-state index is 0.0136. The van der Waals surface area contributed by atoms with Gasteiger partial charge in [0, 0.05) is 59.4 Å². The van der Waals surface area contributed by atoms with Gasteiger partial charge in [-0.2, -0.15) is 18.2 Å². The van der Waals surface area contributed by atoms with Crippen molar-refractivity contribution in [1.29, 1.82) is 0 Å². The first-order valence-electron chi connectivity index (χ1n) is 12.9. The average molecular weight is 589 g/mol. The highest BCUT2D eigenvalue weighted by Crippen LogP contribution is 2.51. The zero-order valence-corrected chi connectivity index (χ0v) is 22.6. The van der Waals surface area contributed by atoms with Crippen LogP contribution >= 0.6 is 11.8 Å². The number of fused-ring (bicyclic) bond motifs is 1. The highest BCUT2D eigenvalue weighted by atomic mass is 32.2. The fraction of sp³-hybridized carbons (Fsp3) is 0.333. The number of rotatable bonds is 4. The Kier molecular flexibility index (Phi) is 6.47. The quantitative estimate of drug-likeness (QED) is 0.272. The molecule has 2 aromatic carbocycles. The number of thioether (sulfide) groups is 1. The zero-order chi connectivity index (χ0) is 29.2. The summed E-state index contributed by atoms with van der Waals surface area (Å²) in [6, 6.07) is 2.90. The van der Waals surface area contributed by atoms with E-state index in [4.69, 9.17) is 0 Å². The van der Waals surface area contributed by atoms with E-state index in [9.17, 15) is 31.9 Å². The number of H-pyrrole nitrogens is 2. The molecule has 2 aliphatic rings. The number of carbonyl (C=O) groups is 1. The van der Waals surface area contributed by atoms with Gasteiger partial charge in [-0.05, 0) is 30.7 Å². The van der Waals surface area contributed by atoms with Crippen molar-refractivity contribution in [2.75, 3.05) is 36.8 Å². The summed E-state index contributed by atoms with van der Waals surface area (Å²) in [7, 11) is 0. The second-order valence-corrected chi connectivity index (χ2v) is 11.0. The minimum Gasteiger partial charge on any atom is -0.352 e. The molecule has 0 spiro atoms. The summed E-state index contributed by atoms with van der Waals surface area (Å²) in [4.78, 5) is 50.2. The van der Waals surface area contributed by atoms with E-state index in [1.54, 1.807) is 9.80 Å². The van der Waals surface area contributed by atoms with E-state index < -0.39 is 28.9 Å². The van der Waals surface area contributed by atoms with Crippen molar-refractivity contribution in [3.05, 3.63) is 63.2 Å². The van der Waals surface area contributed by atoms with E-state index in [1.807, 2.05) is 6.92 Å². The number of alkyl halides is 3. The molecule has 0 bridgehead atoms. The Morgan fingerprint density at radius 1 is 1.17 bits per heavy atom. The zero-order valence-electron chi connectivity index (χ0n) is 21.8. The number of amides is 1. The Morgan fingerprint density at radius 3 is 2.54 bits per heavy atom. The summed E-state index contributed by atoms with van der Waals surface area (Å²) < 4.78 is 60.5. The van der Waals surface area contributed by atoms with Gasteiger partial charge < -0.3 is 19.8 Å². The molecule has 2 aromatic heterocycles. The van der Waals surface area contributed by atoms with Crippen LogP contribution in [0.15, 0.2) is 45.3 Å². The van der Waals surface area contributed by atoms with Crippen LogP contribution in [0.3, 0.4) is 0 Å². The first kappa shape index (κ1) is 27.1. The third kappa shape index (κ3) is 4.31. The molecular weight excluding hydrogens is 564 g/mol. The van der Waals surface area contributed by atoms with E-state index in [-0.39, 0.29) is 76.4 Å². The molecule has 214 valence electrons. The maximum atomic E-state index is 14.8. The Bertz CT molecular complexity index is 1850. The van der Waals surface area contributed by atoms with Crippen molar-refractivity contribution in [3.8, 4) is 11.1 Å². The van der Waals surface area contributed by atoms with Gasteiger partial charge in [0.15, 0.2) is 0 Å². The van der Waals surface area contributed by atoms with Gasteiger partial charge in [0.05, 0.1) is 16.6 Å². The third-order valence-electron chi connectivity index (χ3n) is 7.67. The summed E-state index contributed by atoms with van der Waals surface area (Å²) in [6.07, 6.45) is -3.09. The van der Waals surface area contributed by atoms with Gasteiger partial charge in [0.25, 0.3) is 0 Å². The SMILES string of the molecule is C=CC(=O)N1CCN(c2nc(=O)n3c4c(c(-c5ccc(F)c6[nH]c(=O)[nH]c56)c(C(F)(F)F)cc24)SC[C@@H]3CC)CC1. The molecule has 4 aromatic rings. The Balaban J connectivity index is 1.68. The van der Waals surface area contributed by atoms with Crippen molar-refractivity contribution in [3.63, 3.8) is 0 Å². The number of nitrogens with zero attached hydrogens (tertiary/aromatic N) is 4. The molecule has 2 N–H and O–H groups in total. The number of anilines is 1. The molecule has 41 heavy (non-hydrogen) atoms. The van der Waals surface area contributed by atoms with Gasteiger partial charge in [-0.15, -0.1) is 11.8 Å². The molecule has 6 rings (SSSR count). The number of hydrogen-bond donors (Lipinski definition) is 2. The van der Waals surface area contributed by atoms with Crippen molar-refractivity contribution >= 4 is 45.4 Å². The molecule has 1 fully saturated rings. The van der Waals surface area contributed by atoms with Crippen LogP contribution in [0.4, 0.5) is 23.4 Å². The van der Waals surface area contributed by atoms with E-state index in [2.05, 4.69) is 21.5 Å². The van der Waals surface area contributed by atoms with Crippen LogP contribution in [-0.4, -0.2) is 62.3 Å². The van der Waals surface area contributed by atoms with E-state index >= 15 is 0 Å². The maximum absolute atomic E-state index is 14.8. The van der Waals surface area contributed by atoms with Crippen molar-refractivity contribution in [2.24, 2.45) is 0 Å². The average Bonchev–Trinajstić information content (AvgIpc) is 3.36. The summed E-state index contributed by atoms with van der Waals surface area (Å²) in [6.45, 7) is 6.48. The second-order valence-electron chi connectivity index (χ2n) is 9.92. The molecule has 0 radical (unpaired) electrons. The van der Waals surface area contributed by atoms with Crippen molar-refractivity contribution in [2.45, 2.75) is 30.5 Å². The fourth-order valence-electron chi connectivity index (χ4n) is 5.69. The van der Waals surface area contributed by atoms with Crippen LogP contribution in [0.25, 0.3) is 33.1 Å². The minimum atomic E-state index is -4.84. The smallest absolute Gasteiger partial charge is 0.352 e. The number of aromatic nitrogens is 4. The van der Waals surface area contributed by atoms with Crippen molar-refractivity contribution < 1.29 is 22.4 Å². The van der Waals surface area contributed by atoms with Crippen LogP contribution in [0.5, 0.6) is 0 Å². The number of nitrogens with one attached hydrogen (secondary N) is 2. The number of imidazole rings is 1. The van der Waals surface area contributed by atoms with Gasteiger partial charge in [0.2, 0.25) is 5.91 Å². The number of halogens is 4. The molecule has 0 aliphatic carbocycles. The molecule has 1 atom stereocenters. The molecule has 9 nitrogen and oxygen atoms in total. The number of aromatic amines is 2. The van der Waals surface area contributed by atoms with Gasteiger partial charge in [-0.3, -0.25) is 9.36 Å². The van der Waals surface area contributed by atoms with E-state index in [1.165, 1.54) is 28.5 Å². The Labute approximate surface area is 233 Å². The largest absolute Gasteiger partial charge is 0.417 e. The molecule has 4 heterocycles. The molecule has 1 saturated heterocycles. The Hall–Kier alpha value is -4.07. The van der Waals surface area contributed by atoms with Gasteiger partial charge in [-0.25, -0.2) is 14.0 Å². The second kappa shape index (κ2) is 9.79. The summed E-state index contributed by atoms with van der Waals surface area (Å²) in [5.41, 5.74) is -2.62. The topological polar surface area (TPSA) is 107 Å². The van der Waals surface area contributed by atoms with Gasteiger partial charge in [-0.1, -0.05) is 13.5 Å². The highest BCUT2D eigenvalue weighted by Gasteiger charge is 2.40. The van der Waals surface area contributed by atoms with Gasteiger partial charge in [0.1, 0.15) is 17.2 Å². The summed E-state index contributed by atoms with van der Waals surface area (Å²) in [5.74, 6) is -0.609. The Morgan fingerprint density at radius 2 is 1.88 bits per heavy atom. The third-order valence-corrected chi connectivity index (χ3v) is 8.91. The lowest BCUT2D eigenvalue weighted by Crippen LogP contribution is -2.49. The molecule has 14 heteroatoms. The van der Waals surface area contributed by atoms with E-state index in [0.717, 1.165) is 12.1 Å².